The van der Waals surface area contributed by atoms with Gasteiger partial charge < -0.3 is 20.3 Å². The predicted molar refractivity (Wildman–Crippen MR) is 70.0 cm³/mol. The van der Waals surface area contributed by atoms with Crippen molar-refractivity contribution in [3.05, 3.63) is 38.8 Å². The molecule has 0 amide bonds. The molecule has 2 aliphatic rings. The number of rotatable bonds is 2. The number of hydrogen-bond donors (Lipinski definition) is 1. The first-order valence-electron chi connectivity index (χ1n) is 7.24. The van der Waals surface area contributed by atoms with Crippen LogP contribution < -0.4 is 9.81 Å². The summed E-state index contributed by atoms with van der Waals surface area (Å²) in [5, 5.41) is 41.9. The van der Waals surface area contributed by atoms with Crippen LogP contribution in [0.1, 0.15) is 42.0 Å². The van der Waals surface area contributed by atoms with E-state index < -0.39 is 5.60 Å². The minimum absolute atomic E-state index is 0.199. The van der Waals surface area contributed by atoms with Crippen molar-refractivity contribution in [2.45, 2.75) is 37.7 Å². The first kappa shape index (κ1) is 14.0. The molecule has 10 nitrogen and oxygen atoms in total. The van der Waals surface area contributed by atoms with Gasteiger partial charge in [-0.15, -0.1) is 0 Å². The smallest absolute Gasteiger partial charge is 0.285 e. The molecule has 122 valence electrons. The highest BCUT2D eigenvalue weighted by Gasteiger charge is 2.50. The molecule has 0 aliphatic heterocycles. The summed E-state index contributed by atoms with van der Waals surface area (Å²) in [5.41, 5.74) is 0.169. The van der Waals surface area contributed by atoms with E-state index >= 15 is 0 Å². The molecule has 23 heavy (non-hydrogen) atoms. The molecule has 0 spiro atoms. The van der Waals surface area contributed by atoms with Crippen LogP contribution in [0.25, 0.3) is 5.76 Å². The van der Waals surface area contributed by atoms with Gasteiger partial charge in [-0.25, -0.2) is 0 Å². The Balaban J connectivity index is 1.91. The lowest BCUT2D eigenvalue weighted by Gasteiger charge is -2.31. The Kier molecular flexibility index (Phi) is 2.85. The van der Waals surface area contributed by atoms with Crippen LogP contribution in [-0.2, 0) is 23.2 Å². The SMILES string of the molecule is COC1=C([C@@]2(O)CCCc3c2no[n+]3[O-])CCc2c1no[n+]2[O-]. The van der Waals surface area contributed by atoms with E-state index in [1.165, 1.54) is 7.11 Å². The van der Waals surface area contributed by atoms with Crippen molar-refractivity contribution in [3.63, 3.8) is 0 Å². The second kappa shape index (κ2) is 4.69. The van der Waals surface area contributed by atoms with E-state index in [2.05, 4.69) is 19.6 Å². The number of aromatic nitrogens is 4. The standard InChI is InChI=1S/C13H14N4O6/c1-21-11-7(4-5-8-10(11)14-22-16(8)19)13(18)6-2-3-9-12(13)15-23-17(9)20/h18H,2-6H2,1H3/t13-/m0/s1. The van der Waals surface area contributed by atoms with Gasteiger partial charge in [0, 0.05) is 28.7 Å². The Morgan fingerprint density at radius 2 is 1.87 bits per heavy atom. The molecular weight excluding hydrogens is 308 g/mol. The summed E-state index contributed by atoms with van der Waals surface area (Å²) in [5.74, 6) is 0.278. The molecule has 1 N–H and O–H groups in total. The minimum atomic E-state index is -1.48. The van der Waals surface area contributed by atoms with Gasteiger partial charge >= 0.3 is 0 Å². The largest absolute Gasteiger partial charge is 0.492 e. The molecule has 0 aromatic carbocycles. The van der Waals surface area contributed by atoms with Crippen molar-refractivity contribution in [2.75, 3.05) is 7.11 Å². The molecule has 4 rings (SSSR count). The fourth-order valence-electron chi connectivity index (χ4n) is 3.48. The highest BCUT2D eigenvalue weighted by atomic mass is 16.8. The topological polar surface area (TPSA) is 135 Å². The minimum Gasteiger partial charge on any atom is -0.492 e. The van der Waals surface area contributed by atoms with Crippen LogP contribution in [0.4, 0.5) is 0 Å². The predicted octanol–water partition coefficient (Wildman–Crippen LogP) is -0.543. The van der Waals surface area contributed by atoms with Crippen LogP contribution in [0, 0.1) is 10.4 Å². The molecule has 2 aliphatic carbocycles. The summed E-state index contributed by atoms with van der Waals surface area (Å²) in [6, 6.07) is 0. The van der Waals surface area contributed by atoms with Crippen LogP contribution in [-0.4, -0.2) is 22.5 Å². The molecule has 0 saturated carbocycles. The molecule has 2 aromatic rings. The van der Waals surface area contributed by atoms with Crippen LogP contribution in [0.15, 0.2) is 14.8 Å². The number of aliphatic hydroxyl groups is 1. The molecule has 1 atom stereocenters. The Bertz CT molecular complexity index is 809. The molecule has 0 unspecified atom stereocenters. The third kappa shape index (κ3) is 1.78. The maximum atomic E-state index is 11.6. The van der Waals surface area contributed by atoms with E-state index in [1.54, 1.807) is 0 Å². The van der Waals surface area contributed by atoms with E-state index in [0.29, 0.717) is 58.9 Å². The Labute approximate surface area is 129 Å². The highest BCUT2D eigenvalue weighted by Crippen LogP contribution is 2.45. The Morgan fingerprint density at radius 3 is 2.65 bits per heavy atom. The molecule has 0 fully saturated rings. The van der Waals surface area contributed by atoms with Crippen molar-refractivity contribution in [1.82, 2.24) is 10.3 Å². The molecule has 2 aromatic heterocycles. The molecule has 10 heteroatoms. The summed E-state index contributed by atoms with van der Waals surface area (Å²) in [6.07, 6.45) is 2.16. The Morgan fingerprint density at radius 1 is 1.13 bits per heavy atom. The van der Waals surface area contributed by atoms with Crippen molar-refractivity contribution in [1.29, 1.82) is 0 Å². The first-order chi connectivity index (χ1) is 11.1. The van der Waals surface area contributed by atoms with E-state index in [4.69, 9.17) is 4.74 Å². The number of fused-ring (bicyclic) bond motifs is 2. The molecule has 2 heterocycles. The van der Waals surface area contributed by atoms with Crippen LogP contribution >= 0.6 is 0 Å². The summed E-state index contributed by atoms with van der Waals surface area (Å²) < 4.78 is 14.6. The molecule has 0 bridgehead atoms. The van der Waals surface area contributed by atoms with Gasteiger partial charge in [0.1, 0.15) is 0 Å². The fourth-order valence-corrected chi connectivity index (χ4v) is 3.48. The maximum Gasteiger partial charge on any atom is 0.285 e. The summed E-state index contributed by atoms with van der Waals surface area (Å²) in [7, 11) is 1.43. The average molecular weight is 322 g/mol. The molecule has 0 radical (unpaired) electrons. The number of ether oxygens (including phenoxy) is 1. The van der Waals surface area contributed by atoms with Crippen molar-refractivity contribution >= 4 is 5.76 Å². The second-order valence-corrected chi connectivity index (χ2v) is 5.68. The highest BCUT2D eigenvalue weighted by molar-refractivity contribution is 5.65. The van der Waals surface area contributed by atoms with E-state index in [0.717, 1.165) is 0 Å². The molecular formula is C13H14N4O6. The fraction of sp³-hybridized carbons (Fsp3) is 0.538. The zero-order valence-electron chi connectivity index (χ0n) is 12.3. The van der Waals surface area contributed by atoms with Gasteiger partial charge in [0.2, 0.25) is 11.4 Å². The van der Waals surface area contributed by atoms with Gasteiger partial charge in [0.05, 0.1) is 7.11 Å². The normalized spacial score (nSPS) is 23.6. The lowest BCUT2D eigenvalue weighted by Crippen LogP contribution is -2.40. The van der Waals surface area contributed by atoms with Crippen LogP contribution in [0.3, 0.4) is 0 Å². The summed E-state index contributed by atoms with van der Waals surface area (Å²) >= 11 is 0. The van der Waals surface area contributed by atoms with Crippen molar-refractivity contribution < 1.29 is 28.9 Å². The van der Waals surface area contributed by atoms with Gasteiger partial charge in [0.25, 0.3) is 11.4 Å². The molecule has 0 saturated heterocycles. The average Bonchev–Trinajstić information content (AvgIpc) is 3.12. The third-order valence-electron chi connectivity index (χ3n) is 4.55. The lowest BCUT2D eigenvalue weighted by atomic mass is 9.75. The maximum absolute atomic E-state index is 11.6. The van der Waals surface area contributed by atoms with Crippen molar-refractivity contribution in [3.8, 4) is 0 Å². The third-order valence-corrected chi connectivity index (χ3v) is 4.55. The quantitative estimate of drug-likeness (QED) is 0.728. The summed E-state index contributed by atoms with van der Waals surface area (Å²) in [4.78, 5) is 0.658. The second-order valence-electron chi connectivity index (χ2n) is 5.68. The van der Waals surface area contributed by atoms with E-state index in [9.17, 15) is 15.5 Å². The monoisotopic (exact) mass is 322 g/mol. The number of methoxy groups -OCH3 is 1. The van der Waals surface area contributed by atoms with Crippen LogP contribution in [0.2, 0.25) is 0 Å². The van der Waals surface area contributed by atoms with Gasteiger partial charge in [-0.1, -0.05) is 0 Å². The van der Waals surface area contributed by atoms with Gasteiger partial charge in [-0.3, -0.25) is 9.26 Å². The number of nitrogens with zero attached hydrogens (tertiary/aromatic N) is 4. The van der Waals surface area contributed by atoms with Crippen LogP contribution in [0.5, 0.6) is 0 Å². The number of hydrogen-bond acceptors (Lipinski definition) is 8. The van der Waals surface area contributed by atoms with Gasteiger partial charge in [-0.2, -0.15) is 0 Å². The van der Waals surface area contributed by atoms with E-state index in [-0.39, 0.29) is 17.1 Å². The first-order valence-corrected chi connectivity index (χ1v) is 7.24. The summed E-state index contributed by atoms with van der Waals surface area (Å²) in [6.45, 7) is 0. The Hall–Kier alpha value is -2.62. The van der Waals surface area contributed by atoms with E-state index in [1.807, 2.05) is 0 Å². The zero-order valence-corrected chi connectivity index (χ0v) is 12.3. The van der Waals surface area contributed by atoms with Gasteiger partial charge in [0.15, 0.2) is 11.4 Å². The zero-order chi connectivity index (χ0) is 16.2. The van der Waals surface area contributed by atoms with Gasteiger partial charge in [-0.05, 0) is 29.1 Å². The lowest BCUT2D eigenvalue weighted by molar-refractivity contribution is -0.808. The van der Waals surface area contributed by atoms with Crippen molar-refractivity contribution in [2.24, 2.45) is 0 Å².